The maximum atomic E-state index is 4.60. The topological polar surface area (TPSA) is 27.6 Å². The molecule has 0 radical (unpaired) electrons. The van der Waals surface area contributed by atoms with Gasteiger partial charge in [0.1, 0.15) is 0 Å². The summed E-state index contributed by atoms with van der Waals surface area (Å²) in [6.45, 7) is 10.5. The van der Waals surface area contributed by atoms with Crippen molar-refractivity contribution in [2.45, 2.75) is 33.1 Å². The number of hydrogen-bond acceptors (Lipinski definition) is 1. The average Bonchev–Trinajstić information content (AvgIpc) is 2.48. The van der Waals surface area contributed by atoms with Gasteiger partial charge in [0, 0.05) is 26.2 Å². The number of hydrogen-bond donors (Lipinski definition) is 1. The quantitative estimate of drug-likeness (QED) is 0.475. The van der Waals surface area contributed by atoms with Crippen molar-refractivity contribution in [1.29, 1.82) is 0 Å². The van der Waals surface area contributed by atoms with Crippen LogP contribution in [0.2, 0.25) is 0 Å². The smallest absolute Gasteiger partial charge is 0.193 e. The van der Waals surface area contributed by atoms with Crippen molar-refractivity contribution in [1.82, 2.24) is 10.2 Å². The minimum Gasteiger partial charge on any atom is -0.357 e. The number of halogens is 1. The summed E-state index contributed by atoms with van der Waals surface area (Å²) in [6.07, 6.45) is 1.21. The molecule has 2 atom stereocenters. The maximum absolute atomic E-state index is 4.60. The largest absolute Gasteiger partial charge is 0.357 e. The number of aliphatic imine (C=N–C) groups is 1. The highest BCUT2D eigenvalue weighted by Gasteiger charge is 2.28. The van der Waals surface area contributed by atoms with Crippen LogP contribution < -0.4 is 5.32 Å². The Bertz CT molecular complexity index is 433. The Labute approximate surface area is 146 Å². The summed E-state index contributed by atoms with van der Waals surface area (Å²) in [5.41, 5.74) is 1.48. The van der Waals surface area contributed by atoms with Crippen LogP contribution in [-0.4, -0.2) is 37.0 Å². The molecule has 2 unspecified atom stereocenters. The van der Waals surface area contributed by atoms with Gasteiger partial charge in [-0.05, 0) is 37.7 Å². The second kappa shape index (κ2) is 9.28. The summed E-state index contributed by atoms with van der Waals surface area (Å²) in [6, 6.07) is 10.9. The van der Waals surface area contributed by atoms with Crippen molar-refractivity contribution >= 4 is 29.9 Å². The number of benzene rings is 1. The zero-order valence-corrected chi connectivity index (χ0v) is 15.7. The van der Waals surface area contributed by atoms with E-state index in [0.29, 0.717) is 11.8 Å². The molecule has 1 aliphatic heterocycles. The van der Waals surface area contributed by atoms with E-state index >= 15 is 0 Å². The van der Waals surface area contributed by atoms with Crippen LogP contribution in [0, 0.1) is 5.92 Å². The number of guanidine groups is 1. The first-order valence-electron chi connectivity index (χ1n) is 7.84. The number of nitrogens with one attached hydrogen (secondary N) is 1. The molecule has 1 saturated heterocycles. The van der Waals surface area contributed by atoms with Crippen LogP contribution in [0.1, 0.15) is 38.7 Å². The van der Waals surface area contributed by atoms with Crippen LogP contribution in [0.3, 0.4) is 0 Å². The van der Waals surface area contributed by atoms with E-state index in [2.05, 4.69) is 66.3 Å². The van der Waals surface area contributed by atoms with Crippen molar-refractivity contribution < 1.29 is 0 Å². The first-order valence-corrected chi connectivity index (χ1v) is 7.84. The van der Waals surface area contributed by atoms with E-state index in [1.807, 2.05) is 0 Å². The summed E-state index contributed by atoms with van der Waals surface area (Å²) in [7, 11) is 0. The van der Waals surface area contributed by atoms with Crippen molar-refractivity contribution in [3.8, 4) is 0 Å². The van der Waals surface area contributed by atoms with Crippen LogP contribution in [0.5, 0.6) is 0 Å². The molecule has 1 heterocycles. The van der Waals surface area contributed by atoms with Crippen LogP contribution in [0.25, 0.3) is 0 Å². The molecule has 4 heteroatoms. The fourth-order valence-corrected chi connectivity index (χ4v) is 3.11. The van der Waals surface area contributed by atoms with Crippen molar-refractivity contribution in [3.63, 3.8) is 0 Å². The molecule has 0 amide bonds. The molecule has 1 N–H and O–H groups in total. The molecule has 0 spiro atoms. The monoisotopic (exact) mass is 401 g/mol. The highest BCUT2D eigenvalue weighted by atomic mass is 127. The zero-order valence-electron chi connectivity index (χ0n) is 13.4. The Kier molecular flexibility index (Phi) is 8.07. The van der Waals surface area contributed by atoms with E-state index < -0.39 is 0 Å². The van der Waals surface area contributed by atoms with Crippen molar-refractivity contribution in [2.24, 2.45) is 10.9 Å². The van der Waals surface area contributed by atoms with Gasteiger partial charge in [0.25, 0.3) is 0 Å². The average molecular weight is 401 g/mol. The highest BCUT2D eigenvalue weighted by molar-refractivity contribution is 14.0. The van der Waals surface area contributed by atoms with Gasteiger partial charge in [-0.15, -0.1) is 24.0 Å². The molecule has 1 fully saturated rings. The summed E-state index contributed by atoms with van der Waals surface area (Å²) in [5, 5.41) is 3.40. The second-order valence-corrected chi connectivity index (χ2v) is 5.56. The summed E-state index contributed by atoms with van der Waals surface area (Å²) in [5.74, 6) is 2.41. The van der Waals surface area contributed by atoms with Crippen LogP contribution in [0.15, 0.2) is 35.3 Å². The van der Waals surface area contributed by atoms with Crippen LogP contribution in [0.4, 0.5) is 0 Å². The number of rotatable bonds is 3. The number of piperidine rings is 1. The minimum atomic E-state index is 0. The highest BCUT2D eigenvalue weighted by Crippen LogP contribution is 2.32. The minimum absolute atomic E-state index is 0. The van der Waals surface area contributed by atoms with E-state index in [9.17, 15) is 0 Å². The SMILES string of the molecule is CCN=C(NCC)N1CCC(c2ccccc2)C(C)C1.I. The van der Waals surface area contributed by atoms with Crippen molar-refractivity contribution in [2.75, 3.05) is 26.2 Å². The molecule has 21 heavy (non-hydrogen) atoms. The maximum Gasteiger partial charge on any atom is 0.193 e. The molecule has 2 rings (SSSR count). The van der Waals surface area contributed by atoms with E-state index in [0.717, 1.165) is 32.1 Å². The second-order valence-electron chi connectivity index (χ2n) is 5.56. The molecule has 1 aromatic carbocycles. The first kappa shape index (κ1) is 18.3. The molecule has 0 aliphatic carbocycles. The zero-order chi connectivity index (χ0) is 14.4. The Morgan fingerprint density at radius 3 is 2.57 bits per heavy atom. The Hall–Kier alpha value is -0.780. The standard InChI is InChI=1S/C17H27N3.HI/c1-4-18-17(19-5-2)20-12-11-16(14(3)13-20)15-9-7-6-8-10-15;/h6-10,14,16H,4-5,11-13H2,1-3H3,(H,18,19);1H. The van der Waals surface area contributed by atoms with Gasteiger partial charge in [-0.2, -0.15) is 0 Å². The third-order valence-corrected chi connectivity index (χ3v) is 4.08. The van der Waals surface area contributed by atoms with Crippen molar-refractivity contribution in [3.05, 3.63) is 35.9 Å². The molecule has 0 saturated carbocycles. The van der Waals surface area contributed by atoms with Gasteiger partial charge in [-0.1, -0.05) is 37.3 Å². The van der Waals surface area contributed by atoms with Gasteiger partial charge >= 0.3 is 0 Å². The lowest BCUT2D eigenvalue weighted by atomic mass is 9.82. The predicted molar refractivity (Wildman–Crippen MR) is 102 cm³/mol. The summed E-state index contributed by atoms with van der Waals surface area (Å²) in [4.78, 5) is 7.02. The molecular weight excluding hydrogens is 373 g/mol. The first-order chi connectivity index (χ1) is 9.76. The van der Waals surface area contributed by atoms with Gasteiger partial charge in [0.15, 0.2) is 5.96 Å². The van der Waals surface area contributed by atoms with E-state index in [1.165, 1.54) is 12.0 Å². The lowest BCUT2D eigenvalue weighted by Gasteiger charge is -2.39. The van der Waals surface area contributed by atoms with Gasteiger partial charge in [0.05, 0.1) is 0 Å². The Balaban J connectivity index is 0.00000220. The van der Waals surface area contributed by atoms with Gasteiger partial charge < -0.3 is 10.2 Å². The van der Waals surface area contributed by atoms with E-state index in [1.54, 1.807) is 0 Å². The Morgan fingerprint density at radius 1 is 1.29 bits per heavy atom. The molecule has 0 aromatic heterocycles. The number of nitrogens with zero attached hydrogens (tertiary/aromatic N) is 2. The molecular formula is C17H28IN3. The lowest BCUT2D eigenvalue weighted by molar-refractivity contribution is 0.234. The molecule has 118 valence electrons. The normalized spacial score (nSPS) is 22.6. The number of likely N-dealkylation sites (tertiary alicyclic amines) is 1. The fraction of sp³-hybridized carbons (Fsp3) is 0.588. The van der Waals surface area contributed by atoms with Crippen LogP contribution in [-0.2, 0) is 0 Å². The summed E-state index contributed by atoms with van der Waals surface area (Å²) < 4.78 is 0. The van der Waals surface area contributed by atoms with E-state index in [-0.39, 0.29) is 24.0 Å². The van der Waals surface area contributed by atoms with Gasteiger partial charge in [0.2, 0.25) is 0 Å². The van der Waals surface area contributed by atoms with Crippen LogP contribution >= 0.6 is 24.0 Å². The van der Waals surface area contributed by atoms with Gasteiger partial charge in [-0.3, -0.25) is 4.99 Å². The van der Waals surface area contributed by atoms with Gasteiger partial charge in [-0.25, -0.2) is 0 Å². The molecule has 3 nitrogen and oxygen atoms in total. The molecule has 1 aromatic rings. The predicted octanol–water partition coefficient (Wildman–Crippen LogP) is 3.72. The summed E-state index contributed by atoms with van der Waals surface area (Å²) >= 11 is 0. The fourth-order valence-electron chi connectivity index (χ4n) is 3.11. The third-order valence-electron chi connectivity index (χ3n) is 4.08. The molecule has 0 bridgehead atoms. The Morgan fingerprint density at radius 2 is 2.00 bits per heavy atom. The van der Waals surface area contributed by atoms with E-state index in [4.69, 9.17) is 0 Å². The lowest BCUT2D eigenvalue weighted by Crippen LogP contribution is -2.48. The third kappa shape index (κ3) is 4.87. The molecule has 1 aliphatic rings.